The Bertz CT molecular complexity index is 608. The molecule has 3 heteroatoms. The maximum Gasteiger partial charge on any atom is 0.224 e. The third-order valence-corrected chi connectivity index (χ3v) is 3.57. The number of anilines is 1. The largest absolute Gasteiger partial charge is 0.494 e. The predicted molar refractivity (Wildman–Crippen MR) is 94.8 cm³/mol. The Morgan fingerprint density at radius 1 is 1.09 bits per heavy atom. The Kier molecular flexibility index (Phi) is 6.67. The van der Waals surface area contributed by atoms with Gasteiger partial charge < -0.3 is 10.1 Å². The number of carbonyl (C=O) groups is 1. The summed E-state index contributed by atoms with van der Waals surface area (Å²) in [6.45, 7) is 5.04. The van der Waals surface area contributed by atoms with E-state index in [1.54, 1.807) is 0 Å². The van der Waals surface area contributed by atoms with Gasteiger partial charge in [0.15, 0.2) is 0 Å². The number of rotatable bonds is 8. The van der Waals surface area contributed by atoms with Crippen LogP contribution in [0.15, 0.2) is 54.6 Å². The number of hydrogen-bond donors (Lipinski definition) is 1. The van der Waals surface area contributed by atoms with Crippen LogP contribution in [-0.2, 0) is 11.2 Å². The maximum atomic E-state index is 12.0. The monoisotopic (exact) mass is 311 g/mol. The molecule has 0 aliphatic heterocycles. The zero-order valence-corrected chi connectivity index (χ0v) is 13.9. The van der Waals surface area contributed by atoms with Gasteiger partial charge in [-0.15, -0.1) is 0 Å². The lowest BCUT2D eigenvalue weighted by molar-refractivity contribution is -0.116. The van der Waals surface area contributed by atoms with E-state index < -0.39 is 0 Å². The van der Waals surface area contributed by atoms with Crippen molar-refractivity contribution >= 4 is 11.6 Å². The fourth-order valence-electron chi connectivity index (χ4n) is 2.20. The first-order chi connectivity index (χ1) is 11.1. The normalized spacial score (nSPS) is 10.6. The Labute approximate surface area is 138 Å². The van der Waals surface area contributed by atoms with Crippen LogP contribution in [0, 0.1) is 5.92 Å². The molecular weight excluding hydrogens is 286 g/mol. The fourth-order valence-corrected chi connectivity index (χ4v) is 2.20. The van der Waals surface area contributed by atoms with Crippen molar-refractivity contribution in [2.75, 3.05) is 11.9 Å². The number of benzene rings is 2. The number of amides is 1. The van der Waals surface area contributed by atoms with E-state index in [1.165, 1.54) is 5.56 Å². The summed E-state index contributed by atoms with van der Waals surface area (Å²) in [5.74, 6) is 1.44. The highest BCUT2D eigenvalue weighted by Crippen LogP contribution is 2.18. The van der Waals surface area contributed by atoms with Gasteiger partial charge in [0.1, 0.15) is 5.75 Å². The van der Waals surface area contributed by atoms with Crippen molar-refractivity contribution in [3.8, 4) is 5.75 Å². The highest BCUT2D eigenvalue weighted by molar-refractivity contribution is 5.91. The molecule has 0 bridgehead atoms. The van der Waals surface area contributed by atoms with Crippen LogP contribution < -0.4 is 10.1 Å². The zero-order valence-electron chi connectivity index (χ0n) is 13.9. The molecule has 0 fully saturated rings. The van der Waals surface area contributed by atoms with Crippen LogP contribution in [0.3, 0.4) is 0 Å². The second kappa shape index (κ2) is 8.99. The Morgan fingerprint density at radius 3 is 2.61 bits per heavy atom. The van der Waals surface area contributed by atoms with Crippen molar-refractivity contribution in [1.82, 2.24) is 0 Å². The van der Waals surface area contributed by atoms with Crippen molar-refractivity contribution in [3.63, 3.8) is 0 Å². The lowest BCUT2D eigenvalue weighted by atomic mass is 10.1. The zero-order chi connectivity index (χ0) is 16.5. The molecule has 2 aromatic rings. The Morgan fingerprint density at radius 2 is 1.87 bits per heavy atom. The minimum absolute atomic E-state index is 0.0215. The van der Waals surface area contributed by atoms with Gasteiger partial charge in [-0.3, -0.25) is 4.79 Å². The van der Waals surface area contributed by atoms with Crippen molar-refractivity contribution < 1.29 is 9.53 Å². The molecule has 0 spiro atoms. The smallest absolute Gasteiger partial charge is 0.224 e. The van der Waals surface area contributed by atoms with Crippen LogP contribution in [0.5, 0.6) is 5.75 Å². The predicted octanol–water partition coefficient (Wildman–Crippen LogP) is 4.68. The van der Waals surface area contributed by atoms with E-state index in [-0.39, 0.29) is 5.91 Å². The Balaban J connectivity index is 1.81. The first-order valence-corrected chi connectivity index (χ1v) is 8.20. The molecule has 0 saturated carbocycles. The van der Waals surface area contributed by atoms with Crippen LogP contribution >= 0.6 is 0 Å². The molecule has 0 aromatic heterocycles. The molecule has 0 aliphatic rings. The van der Waals surface area contributed by atoms with E-state index in [1.807, 2.05) is 54.6 Å². The summed E-state index contributed by atoms with van der Waals surface area (Å²) in [7, 11) is 0. The van der Waals surface area contributed by atoms with Gasteiger partial charge in [0.05, 0.1) is 6.61 Å². The first-order valence-electron chi connectivity index (χ1n) is 8.20. The summed E-state index contributed by atoms with van der Waals surface area (Å²) in [5, 5.41) is 2.93. The van der Waals surface area contributed by atoms with E-state index >= 15 is 0 Å². The van der Waals surface area contributed by atoms with Crippen LogP contribution in [0.2, 0.25) is 0 Å². The fraction of sp³-hybridized carbons (Fsp3) is 0.350. The topological polar surface area (TPSA) is 38.3 Å². The highest BCUT2D eigenvalue weighted by atomic mass is 16.5. The standard InChI is InChI=1S/C20H25NO2/c1-16(2)13-14-23-19-10-6-9-18(15-19)21-20(22)12-11-17-7-4-3-5-8-17/h3-10,15-16H,11-14H2,1-2H3,(H,21,22). The maximum absolute atomic E-state index is 12.0. The minimum atomic E-state index is 0.0215. The summed E-state index contributed by atoms with van der Waals surface area (Å²) >= 11 is 0. The van der Waals surface area contributed by atoms with Crippen LogP contribution in [0.25, 0.3) is 0 Å². The molecule has 0 aliphatic carbocycles. The summed E-state index contributed by atoms with van der Waals surface area (Å²) in [5.41, 5.74) is 1.96. The highest BCUT2D eigenvalue weighted by Gasteiger charge is 2.04. The van der Waals surface area contributed by atoms with Crippen LogP contribution in [-0.4, -0.2) is 12.5 Å². The molecule has 3 nitrogen and oxygen atoms in total. The number of aryl methyl sites for hydroxylation is 1. The summed E-state index contributed by atoms with van der Waals surface area (Å²) in [6.07, 6.45) is 2.24. The number of nitrogens with one attached hydrogen (secondary N) is 1. The molecular formula is C20H25NO2. The van der Waals surface area contributed by atoms with Crippen molar-refractivity contribution in [2.24, 2.45) is 5.92 Å². The summed E-state index contributed by atoms with van der Waals surface area (Å²) in [6, 6.07) is 17.6. The second-order valence-corrected chi connectivity index (χ2v) is 6.09. The molecule has 0 saturated heterocycles. The van der Waals surface area contributed by atoms with E-state index in [4.69, 9.17) is 4.74 Å². The van der Waals surface area contributed by atoms with Gasteiger partial charge in [0, 0.05) is 18.2 Å². The van der Waals surface area contributed by atoms with E-state index in [0.29, 0.717) is 18.9 Å². The number of ether oxygens (including phenoxy) is 1. The third-order valence-electron chi connectivity index (χ3n) is 3.57. The SMILES string of the molecule is CC(C)CCOc1cccc(NC(=O)CCc2ccccc2)c1. The molecule has 2 aromatic carbocycles. The lowest BCUT2D eigenvalue weighted by Gasteiger charge is -2.10. The lowest BCUT2D eigenvalue weighted by Crippen LogP contribution is -2.12. The molecule has 1 amide bonds. The molecule has 0 atom stereocenters. The van der Waals surface area contributed by atoms with Crippen molar-refractivity contribution in [3.05, 3.63) is 60.2 Å². The molecule has 0 radical (unpaired) electrons. The van der Waals surface area contributed by atoms with Gasteiger partial charge in [-0.05, 0) is 36.5 Å². The van der Waals surface area contributed by atoms with Crippen molar-refractivity contribution in [1.29, 1.82) is 0 Å². The second-order valence-electron chi connectivity index (χ2n) is 6.09. The molecule has 23 heavy (non-hydrogen) atoms. The van der Waals surface area contributed by atoms with Gasteiger partial charge in [-0.2, -0.15) is 0 Å². The molecule has 1 N–H and O–H groups in total. The van der Waals surface area contributed by atoms with Gasteiger partial charge in [-0.1, -0.05) is 50.2 Å². The molecule has 0 heterocycles. The van der Waals surface area contributed by atoms with Gasteiger partial charge in [-0.25, -0.2) is 0 Å². The molecule has 122 valence electrons. The summed E-state index contributed by atoms with van der Waals surface area (Å²) in [4.78, 5) is 12.0. The first kappa shape index (κ1) is 17.1. The summed E-state index contributed by atoms with van der Waals surface area (Å²) < 4.78 is 5.72. The molecule has 2 rings (SSSR count). The minimum Gasteiger partial charge on any atom is -0.494 e. The number of hydrogen-bond acceptors (Lipinski definition) is 2. The van der Waals surface area contributed by atoms with E-state index in [0.717, 1.165) is 24.3 Å². The average Bonchev–Trinajstić information content (AvgIpc) is 2.54. The average molecular weight is 311 g/mol. The van der Waals surface area contributed by atoms with Gasteiger partial charge >= 0.3 is 0 Å². The van der Waals surface area contributed by atoms with Crippen LogP contribution in [0.4, 0.5) is 5.69 Å². The Hall–Kier alpha value is -2.29. The quantitative estimate of drug-likeness (QED) is 0.768. The van der Waals surface area contributed by atoms with Crippen molar-refractivity contribution in [2.45, 2.75) is 33.1 Å². The van der Waals surface area contributed by atoms with Gasteiger partial charge in [0.2, 0.25) is 5.91 Å². The van der Waals surface area contributed by atoms with E-state index in [2.05, 4.69) is 19.2 Å². The van der Waals surface area contributed by atoms with Crippen LogP contribution in [0.1, 0.15) is 32.3 Å². The third kappa shape index (κ3) is 6.55. The van der Waals surface area contributed by atoms with E-state index in [9.17, 15) is 4.79 Å². The molecule has 0 unspecified atom stereocenters. The van der Waals surface area contributed by atoms with Gasteiger partial charge in [0.25, 0.3) is 0 Å². The number of carbonyl (C=O) groups excluding carboxylic acids is 1.